The second kappa shape index (κ2) is 32.0. The number of anilines is 15. The van der Waals surface area contributed by atoms with Gasteiger partial charge in [-0.3, -0.25) is 0 Å². The summed E-state index contributed by atoms with van der Waals surface area (Å²) in [7, 11) is 0. The predicted molar refractivity (Wildman–Crippen MR) is 422 cm³/mol. The first-order valence-corrected chi connectivity index (χ1v) is 33.6. The Hall–Kier alpha value is -13.0. The van der Waals surface area contributed by atoms with Gasteiger partial charge < -0.3 is 29.4 Å². The molecule has 0 unspecified atom stereocenters. The molecule has 0 atom stereocenters. The largest absolute Gasteiger partial charge is 0.338 e. The molecule has 0 bridgehead atoms. The molecule has 0 aliphatic carbocycles. The van der Waals surface area contributed by atoms with E-state index in [9.17, 15) is 0 Å². The van der Waals surface area contributed by atoms with Crippen molar-refractivity contribution in [3.05, 3.63) is 436 Å². The zero-order valence-electron chi connectivity index (χ0n) is 55.7. The lowest BCUT2D eigenvalue weighted by molar-refractivity contribution is 1.09. The highest BCUT2D eigenvalue weighted by Crippen LogP contribution is 2.43. The van der Waals surface area contributed by atoms with E-state index in [2.05, 4.69) is 420 Å². The highest BCUT2D eigenvalue weighted by molar-refractivity contribution is 6.14. The first-order chi connectivity index (χ1) is 49.0. The lowest BCUT2D eigenvalue weighted by Crippen LogP contribution is -2.18. The molecule has 0 saturated carbocycles. The topological polar surface area (TPSA) is 31.8 Å². The van der Waals surface area contributed by atoms with E-state index in [0.717, 1.165) is 119 Å². The SMILES string of the molecule is C=C/C=C\C=C(/C)N(c1ccccc1)c1ccc(N(C(/C=C\CN(c2ccccc2)c2ccccc2)=C/C)c2ccc(/C(=N\c3ccccc3)c3ccc(N(c4ccc(N(c5ccccc5)c5ccccc5)cc4)c4ccc(N(c5ccccc5)c5ccccc5)cc4)cc3)cc2)cc1. The van der Waals surface area contributed by atoms with Crippen LogP contribution in [0.15, 0.2) is 429 Å². The van der Waals surface area contributed by atoms with Crippen molar-refractivity contribution in [1.82, 2.24) is 0 Å². The van der Waals surface area contributed by atoms with Gasteiger partial charge in [-0.05, 0) is 220 Å². The van der Waals surface area contributed by atoms with E-state index in [4.69, 9.17) is 4.99 Å². The second-order valence-electron chi connectivity index (χ2n) is 23.6. The van der Waals surface area contributed by atoms with Crippen molar-refractivity contribution in [2.24, 2.45) is 4.99 Å². The lowest BCUT2D eigenvalue weighted by Gasteiger charge is -2.29. The first kappa shape index (κ1) is 64.7. The minimum absolute atomic E-state index is 0.647. The third-order valence-corrected chi connectivity index (χ3v) is 17.2. The van der Waals surface area contributed by atoms with Gasteiger partial charge in [0, 0.05) is 114 Å². The number of aliphatic imine (C=N–C) groups is 1. The van der Waals surface area contributed by atoms with E-state index < -0.39 is 0 Å². The Bertz CT molecular complexity index is 4590. The quantitative estimate of drug-likeness (QED) is 0.0419. The summed E-state index contributed by atoms with van der Waals surface area (Å²) >= 11 is 0. The maximum absolute atomic E-state index is 5.46. The predicted octanol–water partition coefficient (Wildman–Crippen LogP) is 25.5. The number of hydrogen-bond acceptors (Lipinski definition) is 7. The number of hydrogen-bond donors (Lipinski definition) is 0. The Balaban J connectivity index is 0.876. The van der Waals surface area contributed by atoms with Crippen LogP contribution < -0.4 is 29.4 Å². The molecule has 0 radical (unpaired) electrons. The van der Waals surface area contributed by atoms with Gasteiger partial charge >= 0.3 is 0 Å². The average Bonchev–Trinajstić information content (AvgIpc) is 0.797. The maximum atomic E-state index is 5.46. The van der Waals surface area contributed by atoms with Gasteiger partial charge in [-0.2, -0.15) is 0 Å². The Morgan fingerprint density at radius 3 is 0.929 bits per heavy atom. The summed E-state index contributed by atoms with van der Waals surface area (Å²) in [5, 5.41) is 0. The fourth-order valence-electron chi connectivity index (χ4n) is 12.4. The van der Waals surface area contributed by atoms with Crippen LogP contribution in [-0.4, -0.2) is 12.3 Å². The summed E-state index contributed by atoms with van der Waals surface area (Å²) in [6.45, 7) is 8.79. The van der Waals surface area contributed by atoms with E-state index in [-0.39, 0.29) is 0 Å². The number of benzene rings is 13. The molecule has 0 saturated heterocycles. The molecule has 0 aliphatic heterocycles. The standard InChI is InChI=1S/C92H77N7/c1-4-6-15-33-72(3)95(79-40-22-10-23-41-79)84-59-61-87(62-60-84)96(76(5-2)50-32-71-94(77-36-18-8-19-37-77)78-38-20-9-21-39-78)85-55-51-73(52-56-85)92(93-75-34-16-7-17-35-75)74-53-57-86(58-54-74)99(90-67-63-88(64-68-90)97(80-42-24-11-25-43-80)81-44-26-12-27-45-81)91-69-65-89(66-70-91)98(82-46-28-13-29-47-82)83-48-30-14-31-49-83/h4-70H,1,71H2,2-3H3/b15-6-,50-32-,72-33+,76-5+,93-92+. The summed E-state index contributed by atoms with van der Waals surface area (Å²) in [6.07, 6.45) is 14.6. The van der Waals surface area contributed by atoms with Crippen LogP contribution >= 0.6 is 0 Å². The number of nitrogens with zero attached hydrogens (tertiary/aromatic N) is 7. The highest BCUT2D eigenvalue weighted by atomic mass is 15.2. The average molecular weight is 1280 g/mol. The Morgan fingerprint density at radius 1 is 0.313 bits per heavy atom. The van der Waals surface area contributed by atoms with Crippen LogP contribution in [0.5, 0.6) is 0 Å². The van der Waals surface area contributed by atoms with Gasteiger partial charge in [0.25, 0.3) is 0 Å². The molecule has 0 aliphatic rings. The third kappa shape index (κ3) is 15.6. The van der Waals surface area contributed by atoms with Gasteiger partial charge in [0.2, 0.25) is 0 Å². The van der Waals surface area contributed by atoms with Crippen LogP contribution in [0.4, 0.5) is 91.0 Å². The van der Waals surface area contributed by atoms with Crippen molar-refractivity contribution < 1.29 is 0 Å². The van der Waals surface area contributed by atoms with Crippen molar-refractivity contribution in [3.8, 4) is 0 Å². The van der Waals surface area contributed by atoms with Gasteiger partial charge in [0.05, 0.1) is 11.4 Å². The van der Waals surface area contributed by atoms with E-state index >= 15 is 0 Å². The summed E-state index contributed by atoms with van der Waals surface area (Å²) in [4.78, 5) is 19.3. The molecule has 480 valence electrons. The van der Waals surface area contributed by atoms with E-state index in [1.165, 1.54) is 0 Å². The summed E-state index contributed by atoms with van der Waals surface area (Å²) in [6, 6.07) is 128. The molecule has 13 aromatic carbocycles. The molecule has 7 heteroatoms. The second-order valence-corrected chi connectivity index (χ2v) is 23.6. The molecule has 0 heterocycles. The van der Waals surface area contributed by atoms with Gasteiger partial charge in [0.1, 0.15) is 0 Å². The Labute approximate surface area is 583 Å². The zero-order valence-corrected chi connectivity index (χ0v) is 55.7. The first-order valence-electron chi connectivity index (χ1n) is 33.6. The maximum Gasteiger partial charge on any atom is 0.0781 e. The van der Waals surface area contributed by atoms with Gasteiger partial charge in [-0.1, -0.05) is 207 Å². The molecule has 0 N–H and O–H groups in total. The molecule has 99 heavy (non-hydrogen) atoms. The molecular formula is C92H77N7. The molecule has 13 rings (SSSR count). The minimum atomic E-state index is 0.647. The Morgan fingerprint density at radius 2 is 0.586 bits per heavy atom. The summed E-state index contributed by atoms with van der Waals surface area (Å²) in [5.41, 5.74) is 21.5. The van der Waals surface area contributed by atoms with Gasteiger partial charge in [-0.15, -0.1) is 0 Å². The molecular weight excluding hydrogens is 1200 g/mol. The number of allylic oxidation sites excluding steroid dienone is 7. The van der Waals surface area contributed by atoms with Crippen LogP contribution in [0.1, 0.15) is 25.0 Å². The van der Waals surface area contributed by atoms with Gasteiger partial charge in [0.15, 0.2) is 0 Å². The Kier molecular flexibility index (Phi) is 20.9. The summed E-state index contributed by atoms with van der Waals surface area (Å²) < 4.78 is 0. The van der Waals surface area contributed by atoms with Crippen molar-refractivity contribution in [3.63, 3.8) is 0 Å². The zero-order chi connectivity index (χ0) is 67.4. The van der Waals surface area contributed by atoms with E-state index in [1.54, 1.807) is 6.08 Å². The van der Waals surface area contributed by atoms with Crippen molar-refractivity contribution >= 4 is 96.7 Å². The highest BCUT2D eigenvalue weighted by Gasteiger charge is 2.22. The van der Waals surface area contributed by atoms with Crippen molar-refractivity contribution in [1.29, 1.82) is 0 Å². The van der Waals surface area contributed by atoms with Crippen LogP contribution in [-0.2, 0) is 0 Å². The van der Waals surface area contributed by atoms with Crippen LogP contribution in [0, 0.1) is 0 Å². The normalized spacial score (nSPS) is 11.7. The molecule has 0 spiro atoms. The van der Waals surface area contributed by atoms with Crippen molar-refractivity contribution in [2.45, 2.75) is 13.8 Å². The summed E-state index contributed by atoms with van der Waals surface area (Å²) in [5.74, 6) is 0. The van der Waals surface area contributed by atoms with E-state index in [0.29, 0.717) is 6.54 Å². The lowest BCUT2D eigenvalue weighted by atomic mass is 10.0. The van der Waals surface area contributed by atoms with Crippen molar-refractivity contribution in [2.75, 3.05) is 35.9 Å². The van der Waals surface area contributed by atoms with Crippen LogP contribution in [0.25, 0.3) is 0 Å². The fourth-order valence-corrected chi connectivity index (χ4v) is 12.4. The minimum Gasteiger partial charge on any atom is -0.338 e. The molecule has 0 aromatic heterocycles. The molecule has 13 aromatic rings. The monoisotopic (exact) mass is 1280 g/mol. The molecule has 0 fully saturated rings. The van der Waals surface area contributed by atoms with Gasteiger partial charge in [-0.25, -0.2) is 4.99 Å². The smallest absolute Gasteiger partial charge is 0.0781 e. The van der Waals surface area contributed by atoms with Crippen LogP contribution in [0.2, 0.25) is 0 Å². The third-order valence-electron chi connectivity index (χ3n) is 17.2. The molecule has 7 nitrogen and oxygen atoms in total. The number of rotatable bonds is 25. The van der Waals surface area contributed by atoms with Crippen LogP contribution in [0.3, 0.4) is 0 Å². The fraction of sp³-hybridized carbons (Fsp3) is 0.0326. The molecule has 0 amide bonds. The number of para-hydroxylation sites is 8. The van der Waals surface area contributed by atoms with E-state index in [1.807, 2.05) is 30.4 Å².